The molecular weight excluding hydrogens is 258 g/mol. The second-order valence-electron chi connectivity index (χ2n) is 5.73. The van der Waals surface area contributed by atoms with Crippen molar-refractivity contribution in [3.05, 3.63) is 0 Å². The van der Waals surface area contributed by atoms with Crippen LogP contribution < -0.4 is 11.1 Å². The van der Waals surface area contributed by atoms with Crippen LogP contribution in [0.3, 0.4) is 0 Å². The third kappa shape index (κ3) is 4.76. The first-order valence-corrected chi connectivity index (χ1v) is 7.26. The lowest BCUT2D eigenvalue weighted by molar-refractivity contribution is -0.139. The highest BCUT2D eigenvalue weighted by Gasteiger charge is 2.30. The summed E-state index contributed by atoms with van der Waals surface area (Å²) in [6, 6.07) is -0.480. The summed E-state index contributed by atoms with van der Waals surface area (Å²) in [7, 11) is 1.46. The summed E-state index contributed by atoms with van der Waals surface area (Å²) in [5.74, 6) is 0.312. The fourth-order valence-corrected chi connectivity index (χ4v) is 2.45. The molecule has 0 aromatic carbocycles. The van der Waals surface area contributed by atoms with E-state index in [1.54, 1.807) is 0 Å². The van der Waals surface area contributed by atoms with Gasteiger partial charge in [0.2, 0.25) is 11.8 Å². The molecule has 1 atom stereocenters. The molecule has 0 radical (unpaired) electrons. The lowest BCUT2D eigenvalue weighted by atomic mass is 9.95. The Morgan fingerprint density at radius 3 is 2.40 bits per heavy atom. The van der Waals surface area contributed by atoms with Crippen LogP contribution in [-0.2, 0) is 14.3 Å². The topological polar surface area (TPSA) is 84.7 Å². The number of carbonyl (C=O) groups excluding carboxylic acids is 2. The maximum Gasteiger partial charge on any atom is 0.246 e. The molecule has 0 aromatic rings. The summed E-state index contributed by atoms with van der Waals surface area (Å²) in [4.78, 5) is 26.0. The number of methoxy groups -OCH3 is 1. The van der Waals surface area contributed by atoms with Gasteiger partial charge >= 0.3 is 0 Å². The van der Waals surface area contributed by atoms with Crippen LogP contribution in [0.2, 0.25) is 0 Å². The molecule has 3 N–H and O–H groups in total. The van der Waals surface area contributed by atoms with Gasteiger partial charge in [0.25, 0.3) is 0 Å². The van der Waals surface area contributed by atoms with Crippen LogP contribution in [0.4, 0.5) is 0 Å². The number of ether oxygens (including phenoxy) is 1. The van der Waals surface area contributed by atoms with E-state index in [0.717, 1.165) is 25.9 Å². The number of carbonyl (C=O) groups is 2. The first kappa shape index (κ1) is 16.9. The zero-order valence-corrected chi connectivity index (χ0v) is 12.7. The van der Waals surface area contributed by atoms with E-state index < -0.39 is 6.04 Å². The Labute approximate surface area is 121 Å². The maximum absolute atomic E-state index is 12.5. The molecule has 116 valence electrons. The number of nitrogens with one attached hydrogen (secondary N) is 1. The zero-order valence-electron chi connectivity index (χ0n) is 12.7. The van der Waals surface area contributed by atoms with Gasteiger partial charge in [-0.25, -0.2) is 0 Å². The average Bonchev–Trinajstić information content (AvgIpc) is 2.44. The van der Waals surface area contributed by atoms with Gasteiger partial charge < -0.3 is 20.7 Å². The fourth-order valence-electron chi connectivity index (χ4n) is 2.45. The van der Waals surface area contributed by atoms with Crippen molar-refractivity contribution in [3.63, 3.8) is 0 Å². The van der Waals surface area contributed by atoms with Gasteiger partial charge in [-0.2, -0.15) is 0 Å². The lowest BCUT2D eigenvalue weighted by Crippen LogP contribution is -2.53. The number of hydrogen-bond acceptors (Lipinski definition) is 4. The van der Waals surface area contributed by atoms with Crippen molar-refractivity contribution in [2.45, 2.75) is 32.7 Å². The second kappa shape index (κ2) is 8.21. The molecule has 1 saturated heterocycles. The van der Waals surface area contributed by atoms with Gasteiger partial charge in [0.1, 0.15) is 12.6 Å². The molecule has 20 heavy (non-hydrogen) atoms. The summed E-state index contributed by atoms with van der Waals surface area (Å²) in [5, 5.41) is 2.76. The zero-order chi connectivity index (χ0) is 15.1. The minimum Gasteiger partial charge on any atom is -0.375 e. The molecule has 2 amide bonds. The molecule has 1 aliphatic heterocycles. The molecule has 1 fully saturated rings. The van der Waals surface area contributed by atoms with Crippen LogP contribution in [-0.4, -0.2) is 56.1 Å². The number of rotatable bonds is 6. The van der Waals surface area contributed by atoms with Crippen LogP contribution in [0.1, 0.15) is 26.7 Å². The summed E-state index contributed by atoms with van der Waals surface area (Å²) in [6.07, 6.45) is 1.89. The Bertz CT molecular complexity index is 326. The second-order valence-corrected chi connectivity index (χ2v) is 5.73. The van der Waals surface area contributed by atoms with E-state index in [4.69, 9.17) is 10.5 Å². The third-order valence-corrected chi connectivity index (χ3v) is 3.78. The lowest BCUT2D eigenvalue weighted by Gasteiger charge is -2.35. The largest absolute Gasteiger partial charge is 0.375 e. The molecule has 0 aliphatic carbocycles. The van der Waals surface area contributed by atoms with E-state index in [2.05, 4.69) is 5.32 Å². The smallest absolute Gasteiger partial charge is 0.246 e. The van der Waals surface area contributed by atoms with E-state index in [0.29, 0.717) is 12.5 Å². The number of nitrogens with two attached hydrogens (primary N) is 1. The van der Waals surface area contributed by atoms with Gasteiger partial charge in [-0.05, 0) is 31.2 Å². The van der Waals surface area contributed by atoms with Gasteiger partial charge in [0.05, 0.1) is 0 Å². The van der Waals surface area contributed by atoms with E-state index in [1.165, 1.54) is 7.11 Å². The predicted octanol–water partition coefficient (Wildman–Crippen LogP) is -0.0291. The van der Waals surface area contributed by atoms with Crippen LogP contribution >= 0.6 is 0 Å². The Balaban J connectivity index is 2.58. The van der Waals surface area contributed by atoms with Crippen molar-refractivity contribution in [2.75, 3.05) is 33.4 Å². The number of nitrogens with zero attached hydrogens (tertiary/aromatic N) is 1. The van der Waals surface area contributed by atoms with E-state index >= 15 is 0 Å². The maximum atomic E-state index is 12.5. The minimum atomic E-state index is -0.480. The van der Waals surface area contributed by atoms with E-state index in [1.807, 2.05) is 18.7 Å². The van der Waals surface area contributed by atoms with E-state index in [9.17, 15) is 9.59 Å². The molecular formula is C14H27N3O3. The van der Waals surface area contributed by atoms with Crippen molar-refractivity contribution < 1.29 is 14.3 Å². The highest BCUT2D eigenvalue weighted by atomic mass is 16.5. The molecule has 1 aliphatic rings. The first-order valence-electron chi connectivity index (χ1n) is 7.26. The number of likely N-dealkylation sites (tertiary alicyclic amines) is 1. The SMILES string of the molecule is COCC(=O)N[C@H](C(=O)N1CCC(CN)CC1)C(C)C. The number of hydrogen-bond donors (Lipinski definition) is 2. The summed E-state index contributed by atoms with van der Waals surface area (Å²) >= 11 is 0. The molecule has 0 spiro atoms. The standard InChI is InChI=1S/C14H27N3O3/c1-10(2)13(16-12(18)9-20-3)14(19)17-6-4-11(8-15)5-7-17/h10-11,13H,4-9,15H2,1-3H3,(H,16,18)/t13-/m0/s1. The van der Waals surface area contributed by atoms with Crippen molar-refractivity contribution in [1.29, 1.82) is 0 Å². The van der Waals surface area contributed by atoms with Crippen LogP contribution in [0.5, 0.6) is 0 Å². The number of piperidine rings is 1. The van der Waals surface area contributed by atoms with Gasteiger partial charge in [0, 0.05) is 20.2 Å². The first-order chi connectivity index (χ1) is 9.49. The van der Waals surface area contributed by atoms with Crippen molar-refractivity contribution in [2.24, 2.45) is 17.6 Å². The number of amides is 2. The van der Waals surface area contributed by atoms with Gasteiger partial charge in [-0.1, -0.05) is 13.8 Å². The van der Waals surface area contributed by atoms with Crippen LogP contribution in [0, 0.1) is 11.8 Å². The molecule has 0 aromatic heterocycles. The monoisotopic (exact) mass is 285 g/mol. The molecule has 1 heterocycles. The molecule has 6 nitrogen and oxygen atoms in total. The molecule has 6 heteroatoms. The molecule has 0 bridgehead atoms. The predicted molar refractivity (Wildman–Crippen MR) is 77.0 cm³/mol. The van der Waals surface area contributed by atoms with Crippen LogP contribution in [0.25, 0.3) is 0 Å². The Kier molecular flexibility index (Phi) is 6.95. The summed E-state index contributed by atoms with van der Waals surface area (Å²) in [5.41, 5.74) is 5.66. The fraction of sp³-hybridized carbons (Fsp3) is 0.857. The van der Waals surface area contributed by atoms with Gasteiger partial charge in [0.15, 0.2) is 0 Å². The quantitative estimate of drug-likeness (QED) is 0.718. The molecule has 0 unspecified atom stereocenters. The van der Waals surface area contributed by atoms with Crippen LogP contribution in [0.15, 0.2) is 0 Å². The highest BCUT2D eigenvalue weighted by molar-refractivity contribution is 5.88. The van der Waals surface area contributed by atoms with Crippen molar-refractivity contribution in [1.82, 2.24) is 10.2 Å². The Morgan fingerprint density at radius 1 is 1.35 bits per heavy atom. The molecule has 1 rings (SSSR count). The highest BCUT2D eigenvalue weighted by Crippen LogP contribution is 2.18. The Hall–Kier alpha value is -1.14. The minimum absolute atomic E-state index is 0.0000699. The average molecular weight is 285 g/mol. The van der Waals surface area contributed by atoms with Gasteiger partial charge in [-0.15, -0.1) is 0 Å². The summed E-state index contributed by atoms with van der Waals surface area (Å²) in [6.45, 7) is 5.98. The van der Waals surface area contributed by atoms with Gasteiger partial charge in [-0.3, -0.25) is 9.59 Å². The molecule has 0 saturated carbocycles. The van der Waals surface area contributed by atoms with E-state index in [-0.39, 0.29) is 24.3 Å². The normalized spacial score (nSPS) is 18.1. The third-order valence-electron chi connectivity index (χ3n) is 3.78. The van der Waals surface area contributed by atoms with Crippen molar-refractivity contribution >= 4 is 11.8 Å². The summed E-state index contributed by atoms with van der Waals surface area (Å²) < 4.78 is 4.79. The van der Waals surface area contributed by atoms with Crippen molar-refractivity contribution in [3.8, 4) is 0 Å². The Morgan fingerprint density at radius 2 is 1.95 bits per heavy atom.